The first kappa shape index (κ1) is 15.1. The second-order valence-electron chi connectivity index (χ2n) is 6.45. The molecule has 2 aromatic heterocycles. The highest BCUT2D eigenvalue weighted by Crippen LogP contribution is 2.40. The van der Waals surface area contributed by atoms with Gasteiger partial charge in [0.25, 0.3) is 5.91 Å². The molecule has 1 saturated carbocycles. The predicted molar refractivity (Wildman–Crippen MR) is 94.7 cm³/mol. The van der Waals surface area contributed by atoms with Crippen molar-refractivity contribution in [2.24, 2.45) is 0 Å². The Bertz CT molecular complexity index is 965. The molecular weight excluding hydrogens is 330 g/mol. The molecule has 1 aliphatic heterocycles. The van der Waals surface area contributed by atoms with Gasteiger partial charge in [-0.25, -0.2) is 14.6 Å². The van der Waals surface area contributed by atoms with E-state index in [9.17, 15) is 4.79 Å². The fourth-order valence-electron chi connectivity index (χ4n) is 3.16. The Morgan fingerprint density at radius 1 is 1.12 bits per heavy atom. The SMILES string of the molecule is O=C(c1nc(C2CC2)n(-c2ccccc2)n1)N1CCOc2ncccc21. The summed E-state index contributed by atoms with van der Waals surface area (Å²) in [4.78, 5) is 23.5. The highest BCUT2D eigenvalue weighted by Gasteiger charge is 2.34. The molecule has 3 heterocycles. The van der Waals surface area contributed by atoms with E-state index in [4.69, 9.17) is 4.74 Å². The minimum absolute atomic E-state index is 0.215. The maximum atomic E-state index is 13.1. The Morgan fingerprint density at radius 3 is 2.77 bits per heavy atom. The monoisotopic (exact) mass is 347 g/mol. The molecule has 0 saturated heterocycles. The van der Waals surface area contributed by atoms with E-state index in [0.717, 1.165) is 24.4 Å². The Kier molecular flexibility index (Phi) is 3.44. The lowest BCUT2D eigenvalue weighted by atomic mass is 10.3. The molecule has 0 spiro atoms. The number of nitrogens with zero attached hydrogens (tertiary/aromatic N) is 5. The smallest absolute Gasteiger partial charge is 0.298 e. The highest BCUT2D eigenvalue weighted by molar-refractivity contribution is 6.04. The largest absolute Gasteiger partial charge is 0.474 e. The van der Waals surface area contributed by atoms with Gasteiger partial charge in [0.1, 0.15) is 18.1 Å². The summed E-state index contributed by atoms with van der Waals surface area (Å²) in [5, 5.41) is 4.54. The number of ether oxygens (including phenoxy) is 1. The zero-order valence-electron chi connectivity index (χ0n) is 14.1. The Morgan fingerprint density at radius 2 is 1.96 bits per heavy atom. The number of hydrogen-bond donors (Lipinski definition) is 0. The second kappa shape index (κ2) is 5.94. The van der Waals surface area contributed by atoms with E-state index < -0.39 is 0 Å². The summed E-state index contributed by atoms with van der Waals surface area (Å²) in [5.41, 5.74) is 1.58. The molecule has 1 aromatic carbocycles. The Balaban J connectivity index is 1.54. The van der Waals surface area contributed by atoms with Crippen molar-refractivity contribution in [3.63, 3.8) is 0 Å². The number of carbonyl (C=O) groups is 1. The van der Waals surface area contributed by atoms with Gasteiger partial charge in [0.15, 0.2) is 0 Å². The summed E-state index contributed by atoms with van der Waals surface area (Å²) in [7, 11) is 0. The van der Waals surface area contributed by atoms with Crippen molar-refractivity contribution in [1.82, 2.24) is 19.7 Å². The average molecular weight is 347 g/mol. The maximum Gasteiger partial charge on any atom is 0.298 e. The van der Waals surface area contributed by atoms with E-state index in [0.29, 0.717) is 30.6 Å². The zero-order valence-corrected chi connectivity index (χ0v) is 14.1. The molecule has 1 aliphatic carbocycles. The van der Waals surface area contributed by atoms with E-state index >= 15 is 0 Å². The summed E-state index contributed by atoms with van der Waals surface area (Å²) < 4.78 is 7.34. The number of anilines is 1. The summed E-state index contributed by atoms with van der Waals surface area (Å²) in [6, 6.07) is 13.4. The normalized spacial score (nSPS) is 16.1. The summed E-state index contributed by atoms with van der Waals surface area (Å²) >= 11 is 0. The van der Waals surface area contributed by atoms with Crippen LogP contribution in [0.2, 0.25) is 0 Å². The van der Waals surface area contributed by atoms with Crippen LogP contribution in [0.15, 0.2) is 48.7 Å². The van der Waals surface area contributed by atoms with Gasteiger partial charge < -0.3 is 4.74 Å². The average Bonchev–Trinajstić information content (AvgIpc) is 3.46. The summed E-state index contributed by atoms with van der Waals surface area (Å²) in [6.45, 7) is 0.862. The second-order valence-corrected chi connectivity index (χ2v) is 6.45. The fourth-order valence-corrected chi connectivity index (χ4v) is 3.16. The summed E-state index contributed by atoms with van der Waals surface area (Å²) in [5.74, 6) is 1.70. The first-order chi connectivity index (χ1) is 12.8. The van der Waals surface area contributed by atoms with Crippen molar-refractivity contribution in [3.8, 4) is 11.6 Å². The summed E-state index contributed by atoms with van der Waals surface area (Å²) in [6.07, 6.45) is 3.83. The molecule has 3 aromatic rings. The molecule has 7 nitrogen and oxygen atoms in total. The number of fused-ring (bicyclic) bond motifs is 1. The molecule has 7 heteroatoms. The number of pyridine rings is 1. The van der Waals surface area contributed by atoms with Crippen LogP contribution in [0.25, 0.3) is 5.69 Å². The van der Waals surface area contributed by atoms with E-state index in [1.165, 1.54) is 0 Å². The van der Waals surface area contributed by atoms with Gasteiger partial charge >= 0.3 is 0 Å². The van der Waals surface area contributed by atoms with Crippen molar-refractivity contribution in [2.45, 2.75) is 18.8 Å². The van der Waals surface area contributed by atoms with Gasteiger partial charge in [-0.1, -0.05) is 18.2 Å². The first-order valence-electron chi connectivity index (χ1n) is 8.73. The van der Waals surface area contributed by atoms with Crippen LogP contribution < -0.4 is 9.64 Å². The van der Waals surface area contributed by atoms with Crippen molar-refractivity contribution in [1.29, 1.82) is 0 Å². The third-order valence-corrected chi connectivity index (χ3v) is 4.61. The molecule has 130 valence electrons. The van der Waals surface area contributed by atoms with Gasteiger partial charge in [-0.3, -0.25) is 9.69 Å². The molecule has 0 unspecified atom stereocenters. The third-order valence-electron chi connectivity index (χ3n) is 4.61. The van der Waals surface area contributed by atoms with E-state index in [1.54, 1.807) is 21.8 Å². The number of para-hydroxylation sites is 1. The minimum Gasteiger partial charge on any atom is -0.474 e. The van der Waals surface area contributed by atoms with Crippen molar-refractivity contribution in [3.05, 3.63) is 60.3 Å². The van der Waals surface area contributed by atoms with Crippen molar-refractivity contribution >= 4 is 11.6 Å². The molecule has 0 N–H and O–H groups in total. The van der Waals surface area contributed by atoms with Crippen LogP contribution in [-0.4, -0.2) is 38.8 Å². The first-order valence-corrected chi connectivity index (χ1v) is 8.73. The van der Waals surface area contributed by atoms with Crippen LogP contribution in [-0.2, 0) is 0 Å². The Hall–Kier alpha value is -3.22. The van der Waals surface area contributed by atoms with Crippen molar-refractivity contribution < 1.29 is 9.53 Å². The van der Waals surface area contributed by atoms with Crippen molar-refractivity contribution in [2.75, 3.05) is 18.1 Å². The van der Waals surface area contributed by atoms with Gasteiger partial charge in [0.2, 0.25) is 11.7 Å². The van der Waals surface area contributed by atoms with Crippen LogP contribution in [0.4, 0.5) is 5.69 Å². The van der Waals surface area contributed by atoms with Gasteiger partial charge in [-0.05, 0) is 37.1 Å². The topological polar surface area (TPSA) is 73.1 Å². The predicted octanol–water partition coefficient (Wildman–Crippen LogP) is 2.58. The lowest BCUT2D eigenvalue weighted by molar-refractivity contribution is 0.0965. The number of hydrogen-bond acceptors (Lipinski definition) is 5. The lowest BCUT2D eigenvalue weighted by Crippen LogP contribution is -2.38. The fraction of sp³-hybridized carbons (Fsp3) is 0.263. The van der Waals surface area contributed by atoms with Crippen LogP contribution in [0, 0.1) is 0 Å². The number of rotatable bonds is 3. The molecule has 26 heavy (non-hydrogen) atoms. The van der Waals surface area contributed by atoms with Gasteiger partial charge in [-0.15, -0.1) is 5.10 Å². The minimum atomic E-state index is -0.223. The van der Waals surface area contributed by atoms with Crippen LogP contribution in [0.3, 0.4) is 0 Å². The zero-order chi connectivity index (χ0) is 17.5. The van der Waals surface area contributed by atoms with Gasteiger partial charge in [0.05, 0.1) is 12.2 Å². The van der Waals surface area contributed by atoms with E-state index in [-0.39, 0.29) is 11.7 Å². The van der Waals surface area contributed by atoms with Gasteiger partial charge in [-0.2, -0.15) is 0 Å². The molecule has 1 amide bonds. The molecule has 1 fully saturated rings. The lowest BCUT2D eigenvalue weighted by Gasteiger charge is -2.27. The number of amides is 1. The molecule has 2 aliphatic rings. The molecule has 0 atom stereocenters. The van der Waals surface area contributed by atoms with Gasteiger partial charge in [0, 0.05) is 12.1 Å². The van der Waals surface area contributed by atoms with Crippen LogP contribution in [0.1, 0.15) is 35.2 Å². The number of aromatic nitrogens is 4. The Labute approximate surface area is 150 Å². The standard InChI is InChI=1S/C19H17N5O2/c25-19(23-11-12-26-18-15(23)7-4-10-20-18)16-21-17(13-8-9-13)24(22-16)14-5-2-1-3-6-14/h1-7,10,13H,8-9,11-12H2. The number of benzene rings is 1. The number of carbonyl (C=O) groups excluding carboxylic acids is 1. The highest BCUT2D eigenvalue weighted by atomic mass is 16.5. The quantitative estimate of drug-likeness (QED) is 0.728. The van der Waals surface area contributed by atoms with Crippen LogP contribution >= 0.6 is 0 Å². The molecular formula is C19H17N5O2. The third kappa shape index (κ3) is 2.52. The maximum absolute atomic E-state index is 13.1. The van der Waals surface area contributed by atoms with E-state index in [2.05, 4.69) is 15.1 Å². The molecule has 0 bridgehead atoms. The molecule has 5 rings (SSSR count). The van der Waals surface area contributed by atoms with E-state index in [1.807, 2.05) is 36.4 Å². The van der Waals surface area contributed by atoms with Crippen LogP contribution in [0.5, 0.6) is 5.88 Å². The molecule has 0 radical (unpaired) electrons.